The molecule has 16 heavy (non-hydrogen) atoms. The number of methoxy groups -OCH3 is 1. The Kier molecular flexibility index (Phi) is 3.97. The third kappa shape index (κ3) is 3.52. The van der Waals surface area contributed by atoms with Gasteiger partial charge in [0.05, 0.1) is 7.11 Å². The van der Waals surface area contributed by atoms with Gasteiger partial charge >= 0.3 is 7.82 Å². The minimum Gasteiger partial charge on any atom is -0.493 e. The molecule has 0 bridgehead atoms. The van der Waals surface area contributed by atoms with Crippen LogP contribution in [0.3, 0.4) is 0 Å². The van der Waals surface area contributed by atoms with E-state index in [-0.39, 0.29) is 11.7 Å². The van der Waals surface area contributed by atoms with Gasteiger partial charge in [-0.2, -0.15) is 0 Å². The van der Waals surface area contributed by atoms with Crippen LogP contribution in [0.15, 0.2) is 18.2 Å². The van der Waals surface area contributed by atoms with Gasteiger partial charge in [-0.15, -0.1) is 0 Å². The second-order valence-corrected chi connectivity index (χ2v) is 4.81. The maximum Gasteiger partial charge on any atom is 0.524 e. The number of phosphoric acid groups is 1. The summed E-state index contributed by atoms with van der Waals surface area (Å²) in [4.78, 5) is 17.5. The SMILES string of the molecule is COc1ccc(C(C)C)cc1OP(=O)(O)O. The lowest BCUT2D eigenvalue weighted by atomic mass is 10.0. The van der Waals surface area contributed by atoms with Crippen LogP contribution in [0.25, 0.3) is 0 Å². The Morgan fingerprint density at radius 1 is 1.25 bits per heavy atom. The summed E-state index contributed by atoms with van der Waals surface area (Å²) in [5, 5.41) is 0. The van der Waals surface area contributed by atoms with Crippen molar-refractivity contribution in [2.45, 2.75) is 19.8 Å². The van der Waals surface area contributed by atoms with Gasteiger partial charge < -0.3 is 9.26 Å². The summed E-state index contributed by atoms with van der Waals surface area (Å²) in [5.74, 6) is 0.597. The number of hydrogen-bond acceptors (Lipinski definition) is 3. The molecule has 5 nitrogen and oxygen atoms in total. The molecule has 1 rings (SSSR count). The summed E-state index contributed by atoms with van der Waals surface area (Å²) in [6, 6.07) is 5.03. The minimum atomic E-state index is -4.56. The fourth-order valence-corrected chi connectivity index (χ4v) is 1.65. The second kappa shape index (κ2) is 4.87. The van der Waals surface area contributed by atoms with Crippen molar-refractivity contribution in [3.63, 3.8) is 0 Å². The molecule has 0 amide bonds. The lowest BCUT2D eigenvalue weighted by Crippen LogP contribution is -1.96. The van der Waals surface area contributed by atoms with Crippen LogP contribution >= 0.6 is 7.82 Å². The van der Waals surface area contributed by atoms with Gasteiger partial charge in [0.25, 0.3) is 0 Å². The van der Waals surface area contributed by atoms with E-state index >= 15 is 0 Å². The highest BCUT2D eigenvalue weighted by Crippen LogP contribution is 2.42. The maximum absolute atomic E-state index is 10.8. The fourth-order valence-electron chi connectivity index (χ4n) is 1.25. The molecule has 2 N–H and O–H groups in total. The number of benzene rings is 1. The molecule has 0 aromatic heterocycles. The van der Waals surface area contributed by atoms with Crippen molar-refractivity contribution in [2.75, 3.05) is 7.11 Å². The molecule has 0 aliphatic rings. The second-order valence-electron chi connectivity index (χ2n) is 3.65. The van der Waals surface area contributed by atoms with Crippen molar-refractivity contribution in [1.82, 2.24) is 0 Å². The Bertz CT molecular complexity index is 410. The molecule has 90 valence electrons. The van der Waals surface area contributed by atoms with Gasteiger partial charge in [0.15, 0.2) is 11.5 Å². The van der Waals surface area contributed by atoms with E-state index in [0.717, 1.165) is 5.56 Å². The molecule has 1 aromatic carbocycles. The van der Waals surface area contributed by atoms with Gasteiger partial charge in [-0.05, 0) is 23.6 Å². The van der Waals surface area contributed by atoms with Crippen LogP contribution in [-0.4, -0.2) is 16.9 Å². The summed E-state index contributed by atoms with van der Waals surface area (Å²) in [5.41, 5.74) is 0.921. The normalized spacial score (nSPS) is 11.6. The van der Waals surface area contributed by atoms with Crippen molar-refractivity contribution >= 4 is 7.82 Å². The molecule has 0 spiro atoms. The molecule has 0 saturated heterocycles. The Hall–Kier alpha value is -1.03. The van der Waals surface area contributed by atoms with Crippen molar-refractivity contribution in [2.24, 2.45) is 0 Å². The number of phosphoric ester groups is 1. The van der Waals surface area contributed by atoms with E-state index in [2.05, 4.69) is 4.52 Å². The summed E-state index contributed by atoms with van der Waals surface area (Å²) < 4.78 is 20.3. The van der Waals surface area contributed by atoms with Gasteiger partial charge in [0, 0.05) is 0 Å². The average Bonchev–Trinajstić information content (AvgIpc) is 2.15. The van der Waals surface area contributed by atoms with Crippen molar-refractivity contribution < 1.29 is 23.6 Å². The summed E-state index contributed by atoms with van der Waals surface area (Å²) >= 11 is 0. The van der Waals surface area contributed by atoms with Crippen LogP contribution in [-0.2, 0) is 4.57 Å². The molecule has 0 saturated carbocycles. The zero-order valence-electron chi connectivity index (χ0n) is 9.38. The summed E-state index contributed by atoms with van der Waals surface area (Å²) in [6.07, 6.45) is 0. The van der Waals surface area contributed by atoms with Crippen molar-refractivity contribution in [3.8, 4) is 11.5 Å². The topological polar surface area (TPSA) is 76.0 Å². The van der Waals surface area contributed by atoms with Crippen molar-refractivity contribution in [3.05, 3.63) is 23.8 Å². The minimum absolute atomic E-state index is 0.0574. The smallest absolute Gasteiger partial charge is 0.493 e. The molecule has 6 heteroatoms. The van der Waals surface area contributed by atoms with Gasteiger partial charge in [-0.25, -0.2) is 4.57 Å². The quantitative estimate of drug-likeness (QED) is 0.797. The molecular weight excluding hydrogens is 231 g/mol. The van der Waals surface area contributed by atoms with Gasteiger partial charge in [0.1, 0.15) is 0 Å². The highest BCUT2D eigenvalue weighted by molar-refractivity contribution is 7.46. The van der Waals surface area contributed by atoms with E-state index in [1.165, 1.54) is 7.11 Å². The number of rotatable bonds is 4. The Balaban J connectivity index is 3.12. The van der Waals surface area contributed by atoms with Crippen LogP contribution in [0.5, 0.6) is 11.5 Å². The van der Waals surface area contributed by atoms with Gasteiger partial charge in [-0.3, -0.25) is 9.79 Å². The summed E-state index contributed by atoms with van der Waals surface area (Å²) in [6.45, 7) is 3.95. The van der Waals surface area contributed by atoms with E-state index in [4.69, 9.17) is 14.5 Å². The molecule has 0 aliphatic carbocycles. The first-order valence-corrected chi connectivity index (χ1v) is 6.29. The number of hydrogen-bond donors (Lipinski definition) is 2. The largest absolute Gasteiger partial charge is 0.524 e. The highest BCUT2D eigenvalue weighted by atomic mass is 31.2. The van der Waals surface area contributed by atoms with Crippen molar-refractivity contribution in [1.29, 1.82) is 0 Å². The average molecular weight is 246 g/mol. The number of ether oxygens (including phenoxy) is 1. The first-order valence-electron chi connectivity index (χ1n) is 4.76. The molecule has 0 atom stereocenters. The third-order valence-electron chi connectivity index (χ3n) is 2.07. The van der Waals surface area contributed by atoms with Crippen LogP contribution in [0, 0.1) is 0 Å². The zero-order valence-corrected chi connectivity index (χ0v) is 10.3. The van der Waals surface area contributed by atoms with E-state index < -0.39 is 7.82 Å². The predicted octanol–water partition coefficient (Wildman–Crippen LogP) is 2.29. The van der Waals surface area contributed by atoms with E-state index in [1.807, 2.05) is 19.9 Å². The van der Waals surface area contributed by atoms with E-state index in [9.17, 15) is 4.57 Å². The Morgan fingerprint density at radius 2 is 1.88 bits per heavy atom. The Morgan fingerprint density at radius 3 is 2.31 bits per heavy atom. The lowest BCUT2D eigenvalue weighted by Gasteiger charge is -2.13. The summed E-state index contributed by atoms with van der Waals surface area (Å²) in [7, 11) is -3.14. The Labute approximate surface area is 94.3 Å². The molecular formula is C10H15O5P. The zero-order chi connectivity index (χ0) is 12.3. The van der Waals surface area contributed by atoms with Crippen LogP contribution < -0.4 is 9.26 Å². The van der Waals surface area contributed by atoms with Gasteiger partial charge in [0.2, 0.25) is 0 Å². The van der Waals surface area contributed by atoms with Crippen LogP contribution in [0.4, 0.5) is 0 Å². The monoisotopic (exact) mass is 246 g/mol. The standard InChI is InChI=1S/C10H15O5P/c1-7(2)8-4-5-9(14-3)10(6-8)15-16(11,12)13/h4-7H,1-3H3,(H2,11,12,13). The molecule has 1 aromatic rings. The fraction of sp³-hybridized carbons (Fsp3) is 0.400. The molecule has 0 radical (unpaired) electrons. The maximum atomic E-state index is 10.8. The van der Waals surface area contributed by atoms with Gasteiger partial charge in [-0.1, -0.05) is 19.9 Å². The van der Waals surface area contributed by atoms with E-state index in [0.29, 0.717) is 5.75 Å². The van der Waals surface area contributed by atoms with Crippen LogP contribution in [0.1, 0.15) is 25.3 Å². The first kappa shape index (κ1) is 13.0. The predicted molar refractivity (Wildman–Crippen MR) is 59.8 cm³/mol. The molecule has 0 heterocycles. The third-order valence-corrected chi connectivity index (χ3v) is 2.51. The molecule has 0 aliphatic heterocycles. The van der Waals surface area contributed by atoms with Crippen LogP contribution in [0.2, 0.25) is 0 Å². The first-order chi connectivity index (χ1) is 7.33. The molecule has 0 unspecified atom stereocenters. The highest BCUT2D eigenvalue weighted by Gasteiger charge is 2.19. The lowest BCUT2D eigenvalue weighted by molar-refractivity contribution is 0.276. The molecule has 0 fully saturated rings. The van der Waals surface area contributed by atoms with E-state index in [1.54, 1.807) is 12.1 Å².